The molecular weight excluding hydrogens is 342 g/mol. The number of amides is 2. The quantitative estimate of drug-likeness (QED) is 0.738. The van der Waals surface area contributed by atoms with E-state index in [1.54, 1.807) is 7.11 Å². The number of rotatable bonds is 7. The average Bonchev–Trinajstić information content (AvgIpc) is 3.22. The van der Waals surface area contributed by atoms with Crippen LogP contribution in [-0.4, -0.2) is 32.0 Å². The van der Waals surface area contributed by atoms with Crippen molar-refractivity contribution in [3.05, 3.63) is 54.1 Å². The zero-order valence-corrected chi connectivity index (χ0v) is 15.5. The number of carbonyl (C=O) groups excluding carboxylic acids is 2. The fourth-order valence-electron chi connectivity index (χ4n) is 3.09. The number of ether oxygens (including phenoxy) is 1. The van der Waals surface area contributed by atoms with Gasteiger partial charge in [-0.15, -0.1) is 0 Å². The lowest BCUT2D eigenvalue weighted by molar-refractivity contribution is -0.126. The fourth-order valence-corrected chi connectivity index (χ4v) is 3.09. The minimum absolute atomic E-state index is 0.204. The number of hydrogen-bond acceptors (Lipinski definition) is 4. The third kappa shape index (κ3) is 5.48. The molecule has 27 heavy (non-hydrogen) atoms. The first kappa shape index (κ1) is 18.8. The van der Waals surface area contributed by atoms with Crippen LogP contribution in [0.2, 0.25) is 0 Å². The number of hydrogen-bond donors (Lipinski definition) is 2. The Bertz CT molecular complexity index is 766. The molecule has 1 aliphatic rings. The van der Waals surface area contributed by atoms with Gasteiger partial charge in [0.15, 0.2) is 0 Å². The summed E-state index contributed by atoms with van der Waals surface area (Å²) in [5, 5.41) is 5.52. The van der Waals surface area contributed by atoms with Crippen LogP contribution in [0.4, 0.5) is 11.4 Å². The second-order valence-electron chi connectivity index (χ2n) is 6.59. The van der Waals surface area contributed by atoms with E-state index in [1.165, 1.54) is 18.5 Å². The van der Waals surface area contributed by atoms with E-state index in [1.807, 2.05) is 48.5 Å². The predicted octanol–water partition coefficient (Wildman–Crippen LogP) is 2.94. The van der Waals surface area contributed by atoms with Gasteiger partial charge in [0.2, 0.25) is 11.8 Å². The zero-order valence-electron chi connectivity index (χ0n) is 15.5. The third-order valence-electron chi connectivity index (χ3n) is 4.59. The van der Waals surface area contributed by atoms with Crippen molar-refractivity contribution < 1.29 is 14.3 Å². The summed E-state index contributed by atoms with van der Waals surface area (Å²) >= 11 is 0. The molecule has 0 aliphatic carbocycles. The fraction of sp³-hybridized carbons (Fsp3) is 0.333. The van der Waals surface area contributed by atoms with Gasteiger partial charge < -0.3 is 20.3 Å². The predicted molar refractivity (Wildman–Crippen MR) is 106 cm³/mol. The van der Waals surface area contributed by atoms with Crippen LogP contribution >= 0.6 is 0 Å². The van der Waals surface area contributed by atoms with Crippen molar-refractivity contribution >= 4 is 23.2 Å². The van der Waals surface area contributed by atoms with E-state index in [4.69, 9.17) is 4.74 Å². The molecule has 1 saturated heterocycles. The minimum atomic E-state index is -0.323. The second-order valence-corrected chi connectivity index (χ2v) is 6.59. The van der Waals surface area contributed by atoms with Crippen LogP contribution in [0.5, 0.6) is 5.75 Å². The summed E-state index contributed by atoms with van der Waals surface area (Å²) in [5.74, 6) is 0.133. The highest BCUT2D eigenvalue weighted by Crippen LogP contribution is 2.22. The molecule has 142 valence electrons. The Morgan fingerprint density at radius 1 is 0.963 bits per heavy atom. The molecule has 1 fully saturated rings. The standard InChI is InChI=1S/C21H25N3O3/c1-27-19-10-4-16(5-11-19)15-22-20(25)14-21(26)23-17-6-8-18(9-7-17)24-12-2-3-13-24/h4-11H,2-3,12-15H2,1H3,(H,22,25)(H,23,26). The molecule has 0 saturated carbocycles. The van der Waals surface area contributed by atoms with E-state index in [9.17, 15) is 9.59 Å². The maximum Gasteiger partial charge on any atom is 0.233 e. The van der Waals surface area contributed by atoms with Gasteiger partial charge in [0.05, 0.1) is 7.11 Å². The van der Waals surface area contributed by atoms with Gasteiger partial charge >= 0.3 is 0 Å². The number of benzene rings is 2. The molecule has 0 bridgehead atoms. The van der Waals surface area contributed by atoms with Crippen LogP contribution in [0.15, 0.2) is 48.5 Å². The Morgan fingerprint density at radius 3 is 2.26 bits per heavy atom. The molecule has 2 amide bonds. The molecule has 6 heteroatoms. The topological polar surface area (TPSA) is 70.7 Å². The van der Waals surface area contributed by atoms with E-state index in [0.29, 0.717) is 12.2 Å². The van der Waals surface area contributed by atoms with Gasteiger partial charge in [-0.1, -0.05) is 12.1 Å². The smallest absolute Gasteiger partial charge is 0.233 e. The van der Waals surface area contributed by atoms with Crippen LogP contribution in [0.3, 0.4) is 0 Å². The number of methoxy groups -OCH3 is 1. The first-order valence-corrected chi connectivity index (χ1v) is 9.18. The summed E-state index contributed by atoms with van der Waals surface area (Å²) in [6.07, 6.45) is 2.25. The Hall–Kier alpha value is -3.02. The highest BCUT2D eigenvalue weighted by Gasteiger charge is 2.13. The van der Waals surface area contributed by atoms with Gasteiger partial charge in [0, 0.05) is 31.0 Å². The molecule has 2 N–H and O–H groups in total. The molecule has 1 aliphatic heterocycles. The van der Waals surface area contributed by atoms with Crippen LogP contribution in [0.25, 0.3) is 0 Å². The van der Waals surface area contributed by atoms with Crippen molar-refractivity contribution in [1.29, 1.82) is 0 Å². The molecule has 6 nitrogen and oxygen atoms in total. The molecule has 0 spiro atoms. The van der Waals surface area contributed by atoms with Crippen molar-refractivity contribution in [1.82, 2.24) is 5.32 Å². The number of nitrogens with one attached hydrogen (secondary N) is 2. The number of nitrogens with zero attached hydrogens (tertiary/aromatic N) is 1. The van der Waals surface area contributed by atoms with Crippen LogP contribution in [0.1, 0.15) is 24.8 Å². The summed E-state index contributed by atoms with van der Waals surface area (Å²) in [6.45, 7) is 2.54. The third-order valence-corrected chi connectivity index (χ3v) is 4.59. The monoisotopic (exact) mass is 367 g/mol. The first-order chi connectivity index (χ1) is 13.1. The second kappa shape index (κ2) is 9.07. The van der Waals surface area contributed by atoms with E-state index in [-0.39, 0.29) is 18.2 Å². The Kier molecular flexibility index (Phi) is 6.30. The van der Waals surface area contributed by atoms with Gasteiger partial charge in [-0.2, -0.15) is 0 Å². The summed E-state index contributed by atoms with van der Waals surface area (Å²) in [5.41, 5.74) is 2.82. The molecule has 2 aromatic carbocycles. The van der Waals surface area contributed by atoms with Crippen molar-refractivity contribution in [3.63, 3.8) is 0 Å². The van der Waals surface area contributed by atoms with E-state index < -0.39 is 0 Å². The van der Waals surface area contributed by atoms with Crippen molar-refractivity contribution in [2.24, 2.45) is 0 Å². The highest BCUT2D eigenvalue weighted by molar-refractivity contribution is 6.03. The Labute approximate surface area is 159 Å². The molecule has 3 rings (SSSR count). The van der Waals surface area contributed by atoms with Crippen molar-refractivity contribution in [2.45, 2.75) is 25.8 Å². The van der Waals surface area contributed by atoms with Crippen molar-refractivity contribution in [3.8, 4) is 5.75 Å². The summed E-state index contributed by atoms with van der Waals surface area (Å²) in [6, 6.07) is 15.2. The van der Waals surface area contributed by atoms with Gasteiger partial charge in [-0.05, 0) is 54.8 Å². The van der Waals surface area contributed by atoms with Crippen molar-refractivity contribution in [2.75, 3.05) is 30.4 Å². The Morgan fingerprint density at radius 2 is 1.63 bits per heavy atom. The normalized spacial score (nSPS) is 13.3. The van der Waals surface area contributed by atoms with E-state index in [2.05, 4.69) is 15.5 Å². The van der Waals surface area contributed by atoms with Gasteiger partial charge in [-0.25, -0.2) is 0 Å². The van der Waals surface area contributed by atoms with Crippen LogP contribution < -0.4 is 20.3 Å². The lowest BCUT2D eigenvalue weighted by atomic mass is 10.2. The lowest BCUT2D eigenvalue weighted by Gasteiger charge is -2.17. The zero-order chi connectivity index (χ0) is 19.1. The molecule has 0 radical (unpaired) electrons. The van der Waals surface area contributed by atoms with Gasteiger partial charge in [-0.3, -0.25) is 9.59 Å². The molecule has 0 aromatic heterocycles. The Balaban J connectivity index is 1.43. The maximum atomic E-state index is 12.1. The number of carbonyl (C=O) groups is 2. The molecule has 1 heterocycles. The van der Waals surface area contributed by atoms with Crippen LogP contribution in [0, 0.1) is 0 Å². The SMILES string of the molecule is COc1ccc(CNC(=O)CC(=O)Nc2ccc(N3CCCC3)cc2)cc1. The molecule has 2 aromatic rings. The summed E-state index contributed by atoms with van der Waals surface area (Å²) in [7, 11) is 1.61. The van der Waals surface area contributed by atoms with E-state index in [0.717, 1.165) is 24.4 Å². The molecule has 0 unspecified atom stereocenters. The first-order valence-electron chi connectivity index (χ1n) is 9.18. The lowest BCUT2D eigenvalue weighted by Crippen LogP contribution is -2.27. The van der Waals surface area contributed by atoms with Gasteiger partial charge in [0.25, 0.3) is 0 Å². The highest BCUT2D eigenvalue weighted by atomic mass is 16.5. The summed E-state index contributed by atoms with van der Waals surface area (Å²) in [4.78, 5) is 26.4. The summed E-state index contributed by atoms with van der Waals surface area (Å²) < 4.78 is 5.10. The van der Waals surface area contributed by atoms with Crippen LogP contribution in [-0.2, 0) is 16.1 Å². The molecule has 0 atom stereocenters. The average molecular weight is 367 g/mol. The van der Waals surface area contributed by atoms with Gasteiger partial charge in [0.1, 0.15) is 12.2 Å². The maximum absolute atomic E-state index is 12.1. The minimum Gasteiger partial charge on any atom is -0.497 e. The number of anilines is 2. The van der Waals surface area contributed by atoms with E-state index >= 15 is 0 Å². The molecular formula is C21H25N3O3. The largest absolute Gasteiger partial charge is 0.497 e.